The molecule has 0 aromatic carbocycles. The van der Waals surface area contributed by atoms with E-state index in [9.17, 15) is 0 Å². The molecule has 1 heteroatoms. The highest BCUT2D eigenvalue weighted by Crippen LogP contribution is 2.22. The number of nitrogens with zero attached hydrogens (tertiary/aromatic N) is 1. The van der Waals surface area contributed by atoms with Crippen LogP contribution in [0.4, 0.5) is 0 Å². The van der Waals surface area contributed by atoms with Crippen molar-refractivity contribution in [2.24, 2.45) is 17.8 Å². The van der Waals surface area contributed by atoms with Gasteiger partial charge in [0.15, 0.2) is 0 Å². The Morgan fingerprint density at radius 1 is 1.00 bits per heavy atom. The average molecular weight is 171 g/mol. The lowest BCUT2D eigenvalue weighted by Crippen LogP contribution is -2.21. The summed E-state index contributed by atoms with van der Waals surface area (Å²) < 4.78 is 0. The van der Waals surface area contributed by atoms with E-state index < -0.39 is 0 Å². The third kappa shape index (κ3) is 4.76. The van der Waals surface area contributed by atoms with Crippen LogP contribution >= 0.6 is 0 Å². The molecule has 0 heterocycles. The van der Waals surface area contributed by atoms with Gasteiger partial charge in [0.1, 0.15) is 0 Å². The first-order valence-electron chi connectivity index (χ1n) is 5.09. The summed E-state index contributed by atoms with van der Waals surface area (Å²) in [7, 11) is 4.29. The van der Waals surface area contributed by atoms with Crippen LogP contribution in [0.5, 0.6) is 0 Å². The van der Waals surface area contributed by atoms with Crippen LogP contribution in [0.2, 0.25) is 0 Å². The van der Waals surface area contributed by atoms with E-state index in [1.165, 1.54) is 13.0 Å². The molecule has 74 valence electrons. The van der Waals surface area contributed by atoms with Gasteiger partial charge in [0.2, 0.25) is 0 Å². The minimum Gasteiger partial charge on any atom is -0.309 e. The third-order valence-corrected chi connectivity index (χ3v) is 2.98. The van der Waals surface area contributed by atoms with Crippen LogP contribution in [-0.2, 0) is 0 Å². The number of hydrogen-bond donors (Lipinski definition) is 0. The molecule has 2 atom stereocenters. The Morgan fingerprint density at radius 2 is 1.50 bits per heavy atom. The summed E-state index contributed by atoms with van der Waals surface area (Å²) >= 11 is 0. The maximum atomic E-state index is 2.37. The first kappa shape index (κ1) is 12.0. The summed E-state index contributed by atoms with van der Waals surface area (Å²) in [6.45, 7) is 10.6. The molecular formula is C11H25N. The summed E-state index contributed by atoms with van der Waals surface area (Å²) in [6, 6.07) is 0. The maximum Gasteiger partial charge on any atom is -0.00222 e. The minimum absolute atomic E-state index is 0.821. The summed E-state index contributed by atoms with van der Waals surface area (Å²) in [5, 5.41) is 0. The Bertz CT molecular complexity index is 108. The monoisotopic (exact) mass is 171 g/mol. The van der Waals surface area contributed by atoms with E-state index in [1.54, 1.807) is 0 Å². The Kier molecular flexibility index (Phi) is 5.56. The van der Waals surface area contributed by atoms with E-state index in [1.807, 2.05) is 0 Å². The zero-order valence-electron chi connectivity index (χ0n) is 9.59. The fraction of sp³-hybridized carbons (Fsp3) is 1.00. The van der Waals surface area contributed by atoms with Crippen LogP contribution in [0.3, 0.4) is 0 Å². The first-order valence-corrected chi connectivity index (χ1v) is 5.09. The predicted molar refractivity (Wildman–Crippen MR) is 56.3 cm³/mol. The lowest BCUT2D eigenvalue weighted by atomic mass is 9.84. The van der Waals surface area contributed by atoms with Crippen molar-refractivity contribution in [2.45, 2.75) is 34.1 Å². The number of rotatable bonds is 5. The molecule has 0 bridgehead atoms. The molecule has 0 rings (SSSR count). The fourth-order valence-electron chi connectivity index (χ4n) is 1.38. The van der Waals surface area contributed by atoms with Crippen LogP contribution in [0, 0.1) is 17.8 Å². The molecule has 0 aromatic heterocycles. The smallest absolute Gasteiger partial charge is 0.00222 e. The van der Waals surface area contributed by atoms with Crippen molar-refractivity contribution in [2.75, 3.05) is 20.6 Å². The maximum absolute atomic E-state index is 2.37. The molecule has 12 heavy (non-hydrogen) atoms. The second-order valence-corrected chi connectivity index (χ2v) is 4.67. The van der Waals surface area contributed by atoms with E-state index in [0.717, 1.165) is 17.8 Å². The molecule has 0 aliphatic heterocycles. The molecule has 0 saturated heterocycles. The first-order chi connectivity index (χ1) is 5.45. The van der Waals surface area contributed by atoms with Crippen LogP contribution in [0.1, 0.15) is 34.1 Å². The van der Waals surface area contributed by atoms with Gasteiger partial charge in [-0.25, -0.2) is 0 Å². The Balaban J connectivity index is 3.64. The van der Waals surface area contributed by atoms with Crippen molar-refractivity contribution in [1.29, 1.82) is 0 Å². The van der Waals surface area contributed by atoms with E-state index in [4.69, 9.17) is 0 Å². The van der Waals surface area contributed by atoms with Crippen LogP contribution in [-0.4, -0.2) is 25.5 Å². The Labute approximate surface area is 78.1 Å². The van der Waals surface area contributed by atoms with Gasteiger partial charge in [0, 0.05) is 0 Å². The van der Waals surface area contributed by atoms with E-state index in [-0.39, 0.29) is 0 Å². The topological polar surface area (TPSA) is 3.24 Å². The fourth-order valence-corrected chi connectivity index (χ4v) is 1.38. The molecule has 0 fully saturated rings. The van der Waals surface area contributed by atoms with Gasteiger partial charge in [-0.2, -0.15) is 0 Å². The number of hydrogen-bond acceptors (Lipinski definition) is 1. The van der Waals surface area contributed by atoms with Crippen molar-refractivity contribution in [3.05, 3.63) is 0 Å². The van der Waals surface area contributed by atoms with Crippen molar-refractivity contribution in [3.8, 4) is 0 Å². The lowest BCUT2D eigenvalue weighted by Gasteiger charge is -2.24. The third-order valence-electron chi connectivity index (χ3n) is 2.98. The van der Waals surface area contributed by atoms with Gasteiger partial charge in [0.05, 0.1) is 0 Å². The quantitative estimate of drug-likeness (QED) is 0.615. The molecule has 0 aliphatic carbocycles. The summed E-state index contributed by atoms with van der Waals surface area (Å²) in [6.07, 6.45) is 1.33. The SMILES string of the molecule is CC(C)C(C)C(C)CCN(C)C. The summed E-state index contributed by atoms with van der Waals surface area (Å²) in [4.78, 5) is 2.27. The van der Waals surface area contributed by atoms with Gasteiger partial charge in [0.25, 0.3) is 0 Å². The van der Waals surface area contributed by atoms with E-state index in [2.05, 4.69) is 46.7 Å². The largest absolute Gasteiger partial charge is 0.309 e. The van der Waals surface area contributed by atoms with Crippen LogP contribution in [0.15, 0.2) is 0 Å². The van der Waals surface area contributed by atoms with Crippen molar-refractivity contribution >= 4 is 0 Å². The van der Waals surface area contributed by atoms with E-state index in [0.29, 0.717) is 0 Å². The highest BCUT2D eigenvalue weighted by atomic mass is 15.0. The summed E-state index contributed by atoms with van der Waals surface area (Å²) in [5.74, 6) is 2.53. The molecular weight excluding hydrogens is 146 g/mol. The molecule has 0 radical (unpaired) electrons. The molecule has 0 amide bonds. The van der Waals surface area contributed by atoms with Gasteiger partial charge in [-0.1, -0.05) is 27.7 Å². The van der Waals surface area contributed by atoms with Crippen molar-refractivity contribution in [3.63, 3.8) is 0 Å². The molecule has 0 saturated carbocycles. The van der Waals surface area contributed by atoms with Gasteiger partial charge in [-0.3, -0.25) is 0 Å². The predicted octanol–water partition coefficient (Wildman–Crippen LogP) is 2.87. The molecule has 2 unspecified atom stereocenters. The molecule has 0 N–H and O–H groups in total. The summed E-state index contributed by atoms with van der Waals surface area (Å²) in [5.41, 5.74) is 0. The molecule has 0 spiro atoms. The lowest BCUT2D eigenvalue weighted by molar-refractivity contribution is 0.254. The average Bonchev–Trinajstić information content (AvgIpc) is 1.98. The standard InChI is InChI=1S/C11H25N/c1-9(2)11(4)10(3)7-8-12(5)6/h9-11H,7-8H2,1-6H3. The Morgan fingerprint density at radius 3 is 1.83 bits per heavy atom. The zero-order valence-corrected chi connectivity index (χ0v) is 9.59. The highest BCUT2D eigenvalue weighted by molar-refractivity contribution is 4.65. The Hall–Kier alpha value is -0.0400. The van der Waals surface area contributed by atoms with Gasteiger partial charge in [-0.15, -0.1) is 0 Å². The second-order valence-electron chi connectivity index (χ2n) is 4.67. The zero-order chi connectivity index (χ0) is 9.72. The highest BCUT2D eigenvalue weighted by Gasteiger charge is 2.15. The van der Waals surface area contributed by atoms with Gasteiger partial charge in [-0.05, 0) is 44.8 Å². The minimum atomic E-state index is 0.821. The van der Waals surface area contributed by atoms with Gasteiger partial charge < -0.3 is 4.90 Å². The van der Waals surface area contributed by atoms with Crippen molar-refractivity contribution < 1.29 is 0 Å². The van der Waals surface area contributed by atoms with Crippen LogP contribution in [0.25, 0.3) is 0 Å². The molecule has 1 nitrogen and oxygen atoms in total. The normalized spacial score (nSPS) is 17.0. The van der Waals surface area contributed by atoms with E-state index >= 15 is 0 Å². The van der Waals surface area contributed by atoms with Crippen molar-refractivity contribution in [1.82, 2.24) is 4.90 Å². The van der Waals surface area contributed by atoms with Crippen LogP contribution < -0.4 is 0 Å². The second kappa shape index (κ2) is 5.58. The molecule has 0 aliphatic rings. The van der Waals surface area contributed by atoms with Gasteiger partial charge >= 0.3 is 0 Å². The molecule has 0 aromatic rings.